The Morgan fingerprint density at radius 1 is 1.25 bits per heavy atom. The fraction of sp³-hybridized carbons (Fsp3) is 0. The van der Waals surface area contributed by atoms with Gasteiger partial charge in [-0.15, -0.1) is 0 Å². The van der Waals surface area contributed by atoms with E-state index in [-0.39, 0.29) is 0 Å². The van der Waals surface area contributed by atoms with Crippen molar-refractivity contribution in [2.24, 2.45) is 0 Å². The molecule has 0 saturated carbocycles. The Morgan fingerprint density at radius 3 is 2.80 bits per heavy atom. The smallest absolute Gasteiger partial charge is 0.365 e. The average molecular weight is 288 g/mol. The zero-order valence-corrected chi connectivity index (χ0v) is 11.1. The van der Waals surface area contributed by atoms with Gasteiger partial charge in [-0.25, -0.2) is 9.95 Å². The molecule has 0 aliphatic heterocycles. The molecule has 0 amide bonds. The van der Waals surface area contributed by atoms with Crippen molar-refractivity contribution in [1.82, 2.24) is 5.16 Å². The third kappa shape index (κ3) is 2.33. The topological polar surface area (TPSA) is 59.1 Å². The molecular formula is C15H10ClNO3. The summed E-state index contributed by atoms with van der Waals surface area (Å²) >= 11 is 5.94. The summed E-state index contributed by atoms with van der Waals surface area (Å²) in [4.78, 5) is 11.4. The van der Waals surface area contributed by atoms with Gasteiger partial charge in [-0.05, 0) is 30.3 Å². The Bertz CT molecular complexity index is 886. The molecule has 0 radical (unpaired) electrons. The first-order chi connectivity index (χ1) is 9.63. The number of aromatic nitrogens is 1. The molecule has 4 nitrogen and oxygen atoms in total. The summed E-state index contributed by atoms with van der Waals surface area (Å²) in [6, 6.07) is 10.9. The standard InChI is InChI=1S/C15H10ClNO3/c1-9-13(15(18)20-17-9)8-12-5-6-14(19-12)10-3-2-4-11(16)7-10/h2-8,17H,1H2. The summed E-state index contributed by atoms with van der Waals surface area (Å²) in [5.74, 6) is 1.21. The first-order valence-electron chi connectivity index (χ1n) is 5.87. The van der Waals surface area contributed by atoms with Gasteiger partial charge in [0.15, 0.2) is 0 Å². The van der Waals surface area contributed by atoms with Crippen LogP contribution >= 0.6 is 11.6 Å². The molecule has 0 aliphatic rings. The first kappa shape index (κ1) is 12.6. The molecule has 1 N–H and O–H groups in total. The number of rotatable bonds is 2. The summed E-state index contributed by atoms with van der Waals surface area (Å²) in [6.07, 6.45) is 1.58. The van der Waals surface area contributed by atoms with Crippen LogP contribution in [-0.2, 0) is 0 Å². The van der Waals surface area contributed by atoms with E-state index >= 15 is 0 Å². The van der Waals surface area contributed by atoms with Gasteiger partial charge >= 0.3 is 5.63 Å². The van der Waals surface area contributed by atoms with E-state index in [4.69, 9.17) is 16.0 Å². The monoisotopic (exact) mass is 287 g/mol. The molecule has 0 saturated heterocycles. The second kappa shape index (κ2) is 4.90. The number of aromatic amines is 1. The van der Waals surface area contributed by atoms with E-state index < -0.39 is 5.63 Å². The van der Waals surface area contributed by atoms with Crippen molar-refractivity contribution in [3.63, 3.8) is 0 Å². The summed E-state index contributed by atoms with van der Waals surface area (Å²) in [6.45, 7) is 3.67. The average Bonchev–Trinajstić information content (AvgIpc) is 3.01. The van der Waals surface area contributed by atoms with Gasteiger partial charge in [-0.1, -0.05) is 30.3 Å². The summed E-state index contributed by atoms with van der Waals surface area (Å²) < 4.78 is 10.3. The van der Waals surface area contributed by atoms with Gasteiger partial charge in [0.25, 0.3) is 0 Å². The molecule has 100 valence electrons. The number of furan rings is 1. The van der Waals surface area contributed by atoms with Crippen LogP contribution in [0.1, 0.15) is 5.76 Å². The lowest BCUT2D eigenvalue weighted by Crippen LogP contribution is -2.31. The molecule has 0 aliphatic carbocycles. The Labute approximate surface area is 118 Å². The van der Waals surface area contributed by atoms with E-state index in [1.165, 1.54) is 0 Å². The van der Waals surface area contributed by atoms with Gasteiger partial charge in [0.2, 0.25) is 0 Å². The maximum atomic E-state index is 11.4. The van der Waals surface area contributed by atoms with Crippen LogP contribution in [0.2, 0.25) is 5.02 Å². The molecular weight excluding hydrogens is 278 g/mol. The fourth-order valence-corrected chi connectivity index (χ4v) is 2.05. The fourth-order valence-electron chi connectivity index (χ4n) is 1.86. The minimum atomic E-state index is -0.476. The number of benzene rings is 1. The second-order valence-electron chi connectivity index (χ2n) is 4.24. The van der Waals surface area contributed by atoms with Crippen molar-refractivity contribution in [3.05, 3.63) is 68.2 Å². The number of hydrogen-bond donors (Lipinski definition) is 1. The maximum absolute atomic E-state index is 11.4. The molecule has 0 atom stereocenters. The van der Waals surface area contributed by atoms with Crippen LogP contribution < -0.4 is 16.2 Å². The lowest BCUT2D eigenvalue weighted by molar-refractivity contribution is 0.386. The molecule has 0 unspecified atom stereocenters. The molecule has 3 aromatic rings. The molecule has 3 rings (SSSR count). The third-order valence-electron chi connectivity index (χ3n) is 2.83. The van der Waals surface area contributed by atoms with E-state index in [2.05, 4.69) is 16.3 Å². The molecule has 1 aromatic carbocycles. The molecule has 2 heterocycles. The van der Waals surface area contributed by atoms with Crippen molar-refractivity contribution >= 4 is 24.3 Å². The minimum Gasteiger partial charge on any atom is -0.457 e. The van der Waals surface area contributed by atoms with E-state index in [0.29, 0.717) is 27.1 Å². The molecule has 2 aromatic heterocycles. The molecule has 5 heteroatoms. The zero-order chi connectivity index (χ0) is 14.1. The van der Waals surface area contributed by atoms with Crippen molar-refractivity contribution in [2.75, 3.05) is 0 Å². The zero-order valence-electron chi connectivity index (χ0n) is 10.4. The third-order valence-corrected chi connectivity index (χ3v) is 3.07. The predicted molar refractivity (Wildman–Crippen MR) is 76.8 cm³/mol. The van der Waals surface area contributed by atoms with Gasteiger partial charge in [0, 0.05) is 10.6 Å². The summed E-state index contributed by atoms with van der Waals surface area (Å²) in [7, 11) is 0. The number of halogens is 1. The van der Waals surface area contributed by atoms with Crippen molar-refractivity contribution in [2.45, 2.75) is 0 Å². The highest BCUT2D eigenvalue weighted by molar-refractivity contribution is 6.30. The van der Waals surface area contributed by atoms with Crippen LogP contribution in [0.3, 0.4) is 0 Å². The van der Waals surface area contributed by atoms with Gasteiger partial charge in [0.05, 0.1) is 10.6 Å². The van der Waals surface area contributed by atoms with Crippen molar-refractivity contribution in [3.8, 4) is 11.3 Å². The number of hydrogen-bond acceptors (Lipinski definition) is 3. The number of H-pyrrole nitrogens is 1. The lowest BCUT2D eigenvalue weighted by atomic mass is 10.2. The van der Waals surface area contributed by atoms with Crippen LogP contribution in [-0.4, -0.2) is 5.16 Å². The number of nitrogens with one attached hydrogen (secondary N) is 1. The van der Waals surface area contributed by atoms with E-state index in [1.807, 2.05) is 24.3 Å². The summed E-state index contributed by atoms with van der Waals surface area (Å²) in [5.41, 5.74) is 0.392. The molecule has 0 bridgehead atoms. The van der Waals surface area contributed by atoms with Gasteiger partial charge in [-0.3, -0.25) is 0 Å². The first-order valence-corrected chi connectivity index (χ1v) is 6.25. The van der Waals surface area contributed by atoms with Gasteiger partial charge in [-0.2, -0.15) is 0 Å². The van der Waals surface area contributed by atoms with Gasteiger partial charge < -0.3 is 8.94 Å². The molecule has 0 fully saturated rings. The second-order valence-corrected chi connectivity index (χ2v) is 4.68. The van der Waals surface area contributed by atoms with Crippen molar-refractivity contribution < 1.29 is 8.94 Å². The van der Waals surface area contributed by atoms with E-state index in [0.717, 1.165) is 5.56 Å². The van der Waals surface area contributed by atoms with E-state index in [9.17, 15) is 4.79 Å². The minimum absolute atomic E-state index is 0.344. The van der Waals surface area contributed by atoms with Crippen LogP contribution in [0.4, 0.5) is 0 Å². The van der Waals surface area contributed by atoms with E-state index in [1.54, 1.807) is 18.2 Å². The Hall–Kier alpha value is -2.46. The largest absolute Gasteiger partial charge is 0.457 e. The Morgan fingerprint density at radius 2 is 2.10 bits per heavy atom. The van der Waals surface area contributed by atoms with Crippen LogP contribution in [0.25, 0.3) is 24.0 Å². The summed E-state index contributed by atoms with van der Waals surface area (Å²) in [5, 5.41) is 3.81. The van der Waals surface area contributed by atoms with Crippen LogP contribution in [0.15, 0.2) is 50.1 Å². The van der Waals surface area contributed by atoms with Crippen molar-refractivity contribution in [1.29, 1.82) is 0 Å². The van der Waals surface area contributed by atoms with Crippen LogP contribution in [0, 0.1) is 0 Å². The maximum Gasteiger partial charge on any atom is 0.365 e. The Balaban J connectivity index is 2.06. The quantitative estimate of drug-likeness (QED) is 0.785. The molecule has 0 spiro atoms. The predicted octanol–water partition coefficient (Wildman–Crippen LogP) is 2.12. The highest BCUT2D eigenvalue weighted by Gasteiger charge is 2.05. The molecule has 20 heavy (non-hydrogen) atoms. The van der Waals surface area contributed by atoms with Crippen LogP contribution in [0.5, 0.6) is 0 Å². The highest BCUT2D eigenvalue weighted by atomic mass is 35.5. The Kier molecular flexibility index (Phi) is 3.08. The van der Waals surface area contributed by atoms with Gasteiger partial charge in [0.1, 0.15) is 11.5 Å². The normalized spacial score (nSPS) is 11.9. The lowest BCUT2D eigenvalue weighted by Gasteiger charge is -1.96. The highest BCUT2D eigenvalue weighted by Crippen LogP contribution is 2.24. The SMILES string of the molecule is C=c1[nH]oc(=O)c1=Cc1ccc(-c2cccc(Cl)c2)o1.